The average Bonchev–Trinajstić information content (AvgIpc) is 2.95. The van der Waals surface area contributed by atoms with E-state index in [1.165, 1.54) is 24.3 Å². The minimum atomic E-state index is -4.67. The number of rotatable bonds is 4. The Balaban J connectivity index is 2.19. The molecule has 2 aromatic rings. The molecule has 0 amide bonds. The number of nitrogens with zero attached hydrogens (tertiary/aromatic N) is 2. The molecule has 0 radical (unpaired) electrons. The van der Waals surface area contributed by atoms with E-state index in [9.17, 15) is 18.0 Å². The molecular formula is C14H11F3N2O2. The topological polar surface area (TPSA) is 56.0 Å². The van der Waals surface area contributed by atoms with Crippen LogP contribution in [0.1, 0.15) is 29.6 Å². The molecule has 1 aromatic carbocycles. The molecule has 0 spiro atoms. The highest BCUT2D eigenvalue weighted by Gasteiger charge is 2.38. The van der Waals surface area contributed by atoms with Crippen molar-refractivity contribution < 1.29 is 22.5 Å². The molecule has 1 heterocycles. The van der Waals surface area contributed by atoms with E-state index < -0.39 is 12.1 Å². The van der Waals surface area contributed by atoms with Gasteiger partial charge >= 0.3 is 12.1 Å². The zero-order valence-corrected chi connectivity index (χ0v) is 11.0. The van der Waals surface area contributed by atoms with Crippen molar-refractivity contribution in [2.24, 2.45) is 0 Å². The van der Waals surface area contributed by atoms with Gasteiger partial charge in [-0.2, -0.15) is 18.2 Å². The summed E-state index contributed by atoms with van der Waals surface area (Å²) in [5, 5.41) is 3.27. The number of carbonyl (C=O) groups is 1. The Bertz CT molecular complexity index is 658. The summed E-state index contributed by atoms with van der Waals surface area (Å²) in [6, 6.07) is 6.00. The van der Waals surface area contributed by atoms with Gasteiger partial charge in [-0.05, 0) is 6.92 Å². The molecule has 0 aliphatic heterocycles. The number of carbonyl (C=O) groups excluding carboxylic acids is 1. The van der Waals surface area contributed by atoms with Crippen LogP contribution in [-0.2, 0) is 6.18 Å². The lowest BCUT2D eigenvalue weighted by molar-refractivity contribution is -0.159. The third kappa shape index (κ3) is 3.56. The van der Waals surface area contributed by atoms with Crippen LogP contribution in [0.5, 0.6) is 0 Å². The number of hydrogen-bond donors (Lipinski definition) is 0. The van der Waals surface area contributed by atoms with Crippen LogP contribution in [0.2, 0.25) is 0 Å². The van der Waals surface area contributed by atoms with Crippen molar-refractivity contribution in [3.63, 3.8) is 0 Å². The van der Waals surface area contributed by atoms with Crippen LogP contribution in [0.4, 0.5) is 13.2 Å². The Morgan fingerprint density at radius 1 is 1.29 bits per heavy atom. The Labute approximate surface area is 118 Å². The summed E-state index contributed by atoms with van der Waals surface area (Å²) >= 11 is 0. The quantitative estimate of drug-likeness (QED) is 0.634. The molecule has 0 aliphatic carbocycles. The highest BCUT2D eigenvalue weighted by molar-refractivity contribution is 5.97. The summed E-state index contributed by atoms with van der Waals surface area (Å²) in [5.41, 5.74) is 0.813. The van der Waals surface area contributed by atoms with Gasteiger partial charge in [0.15, 0.2) is 5.78 Å². The molecule has 0 unspecified atom stereocenters. The average molecular weight is 296 g/mol. The smallest absolute Gasteiger partial charge is 0.329 e. The lowest BCUT2D eigenvalue weighted by Gasteiger charge is -1.99. The molecule has 2 rings (SSSR count). The standard InChI is InChI=1S/C14H11F3N2O2/c1-2-3-4-11(20)9-5-7-10(8-6-9)12-18-13(21-19-12)14(15,16)17/h2-3,5-8H,4H2,1H3. The maximum absolute atomic E-state index is 12.4. The number of Topliss-reactive ketones (excluding diaryl/α,β-unsaturated/α-hetero) is 1. The lowest BCUT2D eigenvalue weighted by atomic mass is 10.1. The van der Waals surface area contributed by atoms with Gasteiger partial charge < -0.3 is 4.52 Å². The van der Waals surface area contributed by atoms with E-state index in [0.29, 0.717) is 11.1 Å². The number of aromatic nitrogens is 2. The van der Waals surface area contributed by atoms with Gasteiger partial charge in [-0.3, -0.25) is 4.79 Å². The highest BCUT2D eigenvalue weighted by atomic mass is 19.4. The molecule has 0 saturated heterocycles. The first-order valence-electron chi connectivity index (χ1n) is 6.07. The molecule has 21 heavy (non-hydrogen) atoms. The van der Waals surface area contributed by atoms with Gasteiger partial charge in [0.2, 0.25) is 5.82 Å². The van der Waals surface area contributed by atoms with Crippen molar-refractivity contribution >= 4 is 5.78 Å². The monoisotopic (exact) mass is 296 g/mol. The van der Waals surface area contributed by atoms with E-state index in [2.05, 4.69) is 14.7 Å². The number of allylic oxidation sites excluding steroid dienone is 2. The Hall–Kier alpha value is -2.44. The minimum Gasteiger partial charge on any atom is -0.329 e. The number of ketones is 1. The fraction of sp³-hybridized carbons (Fsp3) is 0.214. The van der Waals surface area contributed by atoms with Crippen LogP contribution in [0, 0.1) is 0 Å². The molecule has 110 valence electrons. The second kappa shape index (κ2) is 5.90. The van der Waals surface area contributed by atoms with Gasteiger partial charge in [-0.25, -0.2) is 0 Å². The van der Waals surface area contributed by atoms with Crippen LogP contribution in [-0.4, -0.2) is 15.9 Å². The summed E-state index contributed by atoms with van der Waals surface area (Å²) in [4.78, 5) is 15.0. The largest absolute Gasteiger partial charge is 0.471 e. The predicted molar refractivity (Wildman–Crippen MR) is 68.5 cm³/mol. The number of benzene rings is 1. The van der Waals surface area contributed by atoms with Crippen LogP contribution in [0.25, 0.3) is 11.4 Å². The fourth-order valence-corrected chi connectivity index (χ4v) is 1.60. The van der Waals surface area contributed by atoms with Crippen LogP contribution in [0.15, 0.2) is 40.9 Å². The molecule has 1 aromatic heterocycles. The van der Waals surface area contributed by atoms with Crippen molar-refractivity contribution in [1.29, 1.82) is 0 Å². The first kappa shape index (κ1) is 15.0. The van der Waals surface area contributed by atoms with Gasteiger partial charge in [0.25, 0.3) is 0 Å². The molecular weight excluding hydrogens is 285 g/mol. The van der Waals surface area contributed by atoms with Crippen molar-refractivity contribution in [2.45, 2.75) is 19.5 Å². The summed E-state index contributed by atoms with van der Waals surface area (Å²) in [7, 11) is 0. The Kier molecular flexibility index (Phi) is 4.21. The van der Waals surface area contributed by atoms with Gasteiger partial charge in [-0.1, -0.05) is 41.6 Å². The Morgan fingerprint density at radius 3 is 2.48 bits per heavy atom. The lowest BCUT2D eigenvalue weighted by Crippen LogP contribution is -2.04. The number of halogens is 3. The third-order valence-electron chi connectivity index (χ3n) is 2.67. The van der Waals surface area contributed by atoms with Gasteiger partial charge in [0.05, 0.1) is 0 Å². The molecule has 0 bridgehead atoms. The highest BCUT2D eigenvalue weighted by Crippen LogP contribution is 2.29. The van der Waals surface area contributed by atoms with Gasteiger partial charge in [-0.15, -0.1) is 0 Å². The van der Waals surface area contributed by atoms with Crippen LogP contribution >= 0.6 is 0 Å². The molecule has 4 nitrogen and oxygen atoms in total. The van der Waals surface area contributed by atoms with E-state index in [-0.39, 0.29) is 18.0 Å². The molecule has 7 heteroatoms. The van der Waals surface area contributed by atoms with Crippen LogP contribution in [0.3, 0.4) is 0 Å². The van der Waals surface area contributed by atoms with Crippen molar-refractivity contribution in [2.75, 3.05) is 0 Å². The Morgan fingerprint density at radius 2 is 1.95 bits per heavy atom. The van der Waals surface area contributed by atoms with E-state index in [1.54, 1.807) is 12.2 Å². The zero-order chi connectivity index (χ0) is 15.5. The maximum Gasteiger partial charge on any atom is 0.471 e. The van der Waals surface area contributed by atoms with E-state index in [4.69, 9.17) is 0 Å². The molecule has 0 atom stereocenters. The van der Waals surface area contributed by atoms with Gasteiger partial charge in [0, 0.05) is 17.5 Å². The van der Waals surface area contributed by atoms with Crippen LogP contribution < -0.4 is 0 Å². The summed E-state index contributed by atoms with van der Waals surface area (Å²) in [6.07, 6.45) is -0.904. The second-order valence-corrected chi connectivity index (χ2v) is 4.19. The van der Waals surface area contributed by atoms with E-state index in [1.807, 2.05) is 6.92 Å². The maximum atomic E-state index is 12.4. The van der Waals surface area contributed by atoms with E-state index in [0.717, 1.165) is 0 Å². The van der Waals surface area contributed by atoms with Crippen molar-refractivity contribution in [1.82, 2.24) is 10.1 Å². The zero-order valence-electron chi connectivity index (χ0n) is 11.0. The summed E-state index contributed by atoms with van der Waals surface area (Å²) < 4.78 is 41.2. The normalized spacial score (nSPS) is 12.0. The number of alkyl halides is 3. The molecule has 0 saturated carbocycles. The first-order valence-corrected chi connectivity index (χ1v) is 6.07. The summed E-state index contributed by atoms with van der Waals surface area (Å²) in [5.74, 6) is -1.65. The van der Waals surface area contributed by atoms with Crippen molar-refractivity contribution in [3.8, 4) is 11.4 Å². The minimum absolute atomic E-state index is 0.0799. The number of hydrogen-bond acceptors (Lipinski definition) is 4. The predicted octanol–water partition coefficient (Wildman–Crippen LogP) is 3.90. The third-order valence-corrected chi connectivity index (χ3v) is 2.67. The van der Waals surface area contributed by atoms with Crippen molar-refractivity contribution in [3.05, 3.63) is 47.9 Å². The fourth-order valence-electron chi connectivity index (χ4n) is 1.60. The van der Waals surface area contributed by atoms with E-state index >= 15 is 0 Å². The summed E-state index contributed by atoms with van der Waals surface area (Å²) in [6.45, 7) is 1.81. The second-order valence-electron chi connectivity index (χ2n) is 4.19. The molecule has 0 aliphatic rings. The molecule has 0 N–H and O–H groups in total. The van der Waals surface area contributed by atoms with Gasteiger partial charge in [0.1, 0.15) is 0 Å². The molecule has 0 fully saturated rings. The first-order chi connectivity index (χ1) is 9.91. The SMILES string of the molecule is CC=CCC(=O)c1ccc(-c2noc(C(F)(F)F)n2)cc1.